The van der Waals surface area contributed by atoms with Crippen molar-refractivity contribution < 1.29 is 42.1 Å². The maximum atomic E-state index is 13.0. The van der Waals surface area contributed by atoms with E-state index in [1.807, 2.05) is 24.3 Å². The summed E-state index contributed by atoms with van der Waals surface area (Å²) < 4.78 is 47.2. The standard InChI is InChI=1S/C37H39F3N4O6/c1-3-4-5-6-7-20-49-30-16-12-26(13-17-30)29-22-41-33(42-23-29)27-10-8-25(9-11-27)21-32(35(46)43-24(2)36(47)48)44-34(45)28-14-18-31(19-15-28)50-37(38,39)40/h8-19,22-24,32H,3-7,20-21H2,1-2H3,(H,43,46)(H,44,45)(H,47,48). The molecule has 0 radical (unpaired) electrons. The first kappa shape index (κ1) is 37.4. The Hall–Kier alpha value is -5.46. The van der Waals surface area contributed by atoms with Crippen LogP contribution < -0.4 is 20.1 Å². The minimum atomic E-state index is -4.89. The molecule has 0 saturated heterocycles. The Morgan fingerprint density at radius 1 is 0.780 bits per heavy atom. The number of carbonyl (C=O) groups excluding carboxylic acids is 2. The van der Waals surface area contributed by atoms with Gasteiger partial charge in [0.25, 0.3) is 5.91 Å². The van der Waals surface area contributed by atoms with E-state index in [-0.39, 0.29) is 12.0 Å². The molecule has 3 aromatic carbocycles. The number of halogens is 3. The van der Waals surface area contributed by atoms with E-state index < -0.39 is 42.0 Å². The van der Waals surface area contributed by atoms with Crippen molar-refractivity contribution in [2.45, 2.75) is 70.8 Å². The number of carboxylic acids is 1. The van der Waals surface area contributed by atoms with Gasteiger partial charge in [-0.1, -0.05) is 69.0 Å². The molecule has 0 fully saturated rings. The van der Waals surface area contributed by atoms with Crippen molar-refractivity contribution in [3.8, 4) is 34.0 Å². The van der Waals surface area contributed by atoms with Crippen LogP contribution in [0.2, 0.25) is 0 Å². The smallest absolute Gasteiger partial charge is 0.494 e. The van der Waals surface area contributed by atoms with E-state index in [1.165, 1.54) is 26.2 Å². The maximum absolute atomic E-state index is 13.0. The summed E-state index contributed by atoms with van der Waals surface area (Å²) in [5.41, 5.74) is 3.08. The first-order chi connectivity index (χ1) is 23.9. The van der Waals surface area contributed by atoms with Gasteiger partial charge < -0.3 is 25.2 Å². The van der Waals surface area contributed by atoms with Crippen molar-refractivity contribution in [3.05, 3.63) is 96.3 Å². The third-order valence-corrected chi connectivity index (χ3v) is 7.71. The highest BCUT2D eigenvalue weighted by Crippen LogP contribution is 2.25. The van der Waals surface area contributed by atoms with E-state index in [0.717, 1.165) is 54.0 Å². The molecule has 4 aromatic rings. The Morgan fingerprint density at radius 3 is 1.98 bits per heavy atom. The highest BCUT2D eigenvalue weighted by molar-refractivity contribution is 5.98. The van der Waals surface area contributed by atoms with E-state index in [9.17, 15) is 32.7 Å². The van der Waals surface area contributed by atoms with Crippen LogP contribution in [0, 0.1) is 0 Å². The average molecular weight is 693 g/mol. The fourth-order valence-electron chi connectivity index (χ4n) is 4.93. The van der Waals surface area contributed by atoms with Gasteiger partial charge in [0, 0.05) is 35.5 Å². The number of aliphatic carboxylic acids is 1. The van der Waals surface area contributed by atoms with Crippen LogP contribution in [0.3, 0.4) is 0 Å². The molecule has 0 bridgehead atoms. The summed E-state index contributed by atoms with van der Waals surface area (Å²) >= 11 is 0. The summed E-state index contributed by atoms with van der Waals surface area (Å²) in [5.74, 6) is -2.01. The quantitative estimate of drug-likeness (QED) is 0.101. The van der Waals surface area contributed by atoms with Gasteiger partial charge in [0.1, 0.15) is 23.6 Å². The maximum Gasteiger partial charge on any atom is 0.573 e. The minimum Gasteiger partial charge on any atom is -0.494 e. The van der Waals surface area contributed by atoms with Crippen LogP contribution in [0.5, 0.6) is 11.5 Å². The lowest BCUT2D eigenvalue weighted by atomic mass is 10.0. The number of benzene rings is 3. The highest BCUT2D eigenvalue weighted by Gasteiger charge is 2.31. The SMILES string of the molecule is CCCCCCCOc1ccc(-c2cnc(-c3ccc(CC(NC(=O)c4ccc(OC(F)(F)F)cc4)C(=O)NC(C)C(=O)O)cc3)nc2)cc1. The Bertz CT molecular complexity index is 1700. The van der Waals surface area contributed by atoms with E-state index in [0.29, 0.717) is 23.6 Å². The second-order valence-corrected chi connectivity index (χ2v) is 11.7. The Labute approximate surface area is 288 Å². The zero-order valence-corrected chi connectivity index (χ0v) is 27.7. The van der Waals surface area contributed by atoms with Gasteiger partial charge in [-0.05, 0) is 60.9 Å². The molecule has 13 heteroatoms. The van der Waals surface area contributed by atoms with E-state index >= 15 is 0 Å². The third kappa shape index (κ3) is 11.6. The minimum absolute atomic E-state index is 0.0160. The number of carboxylic acid groups (broad SMARTS) is 1. The molecule has 0 aliphatic rings. The molecule has 0 aliphatic heterocycles. The lowest BCUT2D eigenvalue weighted by Gasteiger charge is -2.20. The summed E-state index contributed by atoms with van der Waals surface area (Å²) in [6.07, 6.45) is 4.41. The van der Waals surface area contributed by atoms with Crippen LogP contribution in [0.1, 0.15) is 61.9 Å². The summed E-state index contributed by atoms with van der Waals surface area (Å²) in [6.45, 7) is 4.16. The van der Waals surface area contributed by atoms with Gasteiger partial charge in [0.2, 0.25) is 5.91 Å². The molecule has 0 saturated carbocycles. The first-order valence-corrected chi connectivity index (χ1v) is 16.3. The molecule has 4 rings (SSSR count). The number of amides is 2. The molecule has 0 aliphatic carbocycles. The molecule has 2 unspecified atom stereocenters. The number of rotatable bonds is 17. The van der Waals surface area contributed by atoms with Crippen molar-refractivity contribution in [1.29, 1.82) is 0 Å². The Balaban J connectivity index is 1.39. The summed E-state index contributed by atoms with van der Waals surface area (Å²) in [4.78, 5) is 46.3. The predicted molar refractivity (Wildman–Crippen MR) is 180 cm³/mol. The van der Waals surface area contributed by atoms with Gasteiger partial charge in [0.15, 0.2) is 5.82 Å². The van der Waals surface area contributed by atoms with Crippen molar-refractivity contribution in [3.63, 3.8) is 0 Å². The number of hydrogen-bond acceptors (Lipinski definition) is 7. The van der Waals surface area contributed by atoms with Crippen molar-refractivity contribution >= 4 is 17.8 Å². The lowest BCUT2D eigenvalue weighted by Crippen LogP contribution is -2.51. The molecule has 0 spiro atoms. The molecule has 1 heterocycles. The first-order valence-electron chi connectivity index (χ1n) is 16.3. The van der Waals surface area contributed by atoms with Crippen LogP contribution >= 0.6 is 0 Å². The molecule has 2 atom stereocenters. The Kier molecular flexibility index (Phi) is 13.3. The zero-order valence-electron chi connectivity index (χ0n) is 27.7. The Morgan fingerprint density at radius 2 is 1.38 bits per heavy atom. The van der Waals surface area contributed by atoms with Crippen molar-refractivity contribution in [1.82, 2.24) is 20.6 Å². The monoisotopic (exact) mass is 692 g/mol. The van der Waals surface area contributed by atoms with Gasteiger partial charge in [-0.3, -0.25) is 14.4 Å². The molecular weight excluding hydrogens is 653 g/mol. The number of aromatic nitrogens is 2. The molecule has 3 N–H and O–H groups in total. The number of carbonyl (C=O) groups is 3. The normalized spacial score (nSPS) is 12.4. The highest BCUT2D eigenvalue weighted by atomic mass is 19.4. The largest absolute Gasteiger partial charge is 0.573 e. The fourth-order valence-corrected chi connectivity index (χ4v) is 4.93. The number of ether oxygens (including phenoxy) is 2. The number of unbranched alkanes of at least 4 members (excludes halogenated alkanes) is 4. The molecule has 10 nitrogen and oxygen atoms in total. The van der Waals surface area contributed by atoms with Gasteiger partial charge in [-0.15, -0.1) is 13.2 Å². The molecule has 1 aromatic heterocycles. The number of hydrogen-bond donors (Lipinski definition) is 3. The van der Waals surface area contributed by atoms with Crippen LogP contribution in [0.25, 0.3) is 22.5 Å². The second-order valence-electron chi connectivity index (χ2n) is 11.7. The second kappa shape index (κ2) is 17.8. The number of alkyl halides is 3. The fraction of sp³-hybridized carbons (Fsp3) is 0.324. The number of nitrogens with zero attached hydrogens (tertiary/aromatic N) is 2. The molecule has 2 amide bonds. The summed E-state index contributed by atoms with van der Waals surface area (Å²) in [5, 5.41) is 14.1. The third-order valence-electron chi connectivity index (χ3n) is 7.71. The van der Waals surface area contributed by atoms with Gasteiger partial charge in [0.05, 0.1) is 6.61 Å². The van der Waals surface area contributed by atoms with Crippen LogP contribution in [0.4, 0.5) is 13.2 Å². The summed E-state index contributed by atoms with van der Waals surface area (Å²) in [6, 6.07) is 16.5. The van der Waals surface area contributed by atoms with E-state index in [4.69, 9.17) is 4.74 Å². The summed E-state index contributed by atoms with van der Waals surface area (Å²) in [7, 11) is 0. The van der Waals surface area contributed by atoms with Crippen molar-refractivity contribution in [2.75, 3.05) is 6.61 Å². The molecular formula is C37H39F3N4O6. The zero-order chi connectivity index (χ0) is 36.1. The van der Waals surface area contributed by atoms with Crippen LogP contribution in [-0.2, 0) is 16.0 Å². The van der Waals surface area contributed by atoms with Crippen LogP contribution in [0.15, 0.2) is 85.2 Å². The topological polar surface area (TPSA) is 140 Å². The van der Waals surface area contributed by atoms with E-state index in [1.54, 1.807) is 36.7 Å². The van der Waals surface area contributed by atoms with Gasteiger partial charge >= 0.3 is 12.3 Å². The predicted octanol–water partition coefficient (Wildman–Crippen LogP) is 6.99. The van der Waals surface area contributed by atoms with Gasteiger partial charge in [-0.2, -0.15) is 0 Å². The van der Waals surface area contributed by atoms with Crippen molar-refractivity contribution in [2.24, 2.45) is 0 Å². The lowest BCUT2D eigenvalue weighted by molar-refractivity contribution is -0.274. The molecule has 264 valence electrons. The number of nitrogens with one attached hydrogen (secondary N) is 2. The van der Waals surface area contributed by atoms with Crippen LogP contribution in [-0.4, -0.2) is 57.9 Å². The van der Waals surface area contributed by atoms with Gasteiger partial charge in [-0.25, -0.2) is 9.97 Å². The molecule has 50 heavy (non-hydrogen) atoms. The average Bonchev–Trinajstić information content (AvgIpc) is 3.09. The van der Waals surface area contributed by atoms with E-state index in [2.05, 4.69) is 32.3 Å².